The van der Waals surface area contributed by atoms with Crippen LogP contribution in [0.1, 0.15) is 52.1 Å². The number of rotatable bonds is 5. The van der Waals surface area contributed by atoms with Crippen molar-refractivity contribution < 1.29 is 9.53 Å². The van der Waals surface area contributed by atoms with Crippen molar-refractivity contribution in [1.82, 2.24) is 14.8 Å². The molecule has 0 bridgehead atoms. The average molecular weight is 399 g/mol. The number of ether oxygens (including phenoxy) is 1. The van der Waals surface area contributed by atoms with Crippen LogP contribution >= 0.6 is 11.8 Å². The highest BCUT2D eigenvalue weighted by molar-refractivity contribution is 7.99. The Hall–Kier alpha value is -2.28. The molecule has 1 aromatic heterocycles. The Morgan fingerprint density at radius 1 is 1.25 bits per heavy atom. The van der Waals surface area contributed by atoms with Crippen LogP contribution < -0.4 is 10.1 Å². The Balaban J connectivity index is 1.82. The van der Waals surface area contributed by atoms with E-state index in [1.165, 1.54) is 0 Å². The minimum Gasteiger partial charge on any atom is -0.494 e. The Bertz CT molecular complexity index is 930. The van der Waals surface area contributed by atoms with E-state index in [4.69, 9.17) is 9.84 Å². The van der Waals surface area contributed by atoms with Crippen molar-refractivity contribution in [1.29, 1.82) is 0 Å². The minimum absolute atomic E-state index is 0.0600. The number of Topliss-reactive ketones (excluding diaryl/α,β-unsaturated/α-hetero) is 1. The van der Waals surface area contributed by atoms with E-state index in [0.717, 1.165) is 39.9 Å². The molecular formula is C21H26N4O2S. The molecule has 1 aromatic carbocycles. The Labute approximate surface area is 169 Å². The highest BCUT2D eigenvalue weighted by Crippen LogP contribution is 2.45. The van der Waals surface area contributed by atoms with Gasteiger partial charge in [-0.1, -0.05) is 44.7 Å². The molecule has 0 saturated heterocycles. The van der Waals surface area contributed by atoms with Crippen LogP contribution in [0.25, 0.3) is 0 Å². The molecule has 7 heteroatoms. The van der Waals surface area contributed by atoms with Gasteiger partial charge in [-0.05, 0) is 42.2 Å². The van der Waals surface area contributed by atoms with Crippen molar-refractivity contribution in [3.8, 4) is 5.75 Å². The van der Waals surface area contributed by atoms with Crippen molar-refractivity contribution in [2.45, 2.75) is 51.7 Å². The van der Waals surface area contributed by atoms with Gasteiger partial charge in [-0.2, -0.15) is 4.98 Å². The Kier molecular flexibility index (Phi) is 4.95. The standard InChI is InChI=1S/C21H26N4O2S/c1-5-27-14-9-7-13(8-10-14)18-17-15(11-21(3,4)12-16(17)26)22-19-23-20(28-6-2)24-25(18)19/h7-10,18H,5-6,11-12H2,1-4H3,(H,22,23,24)/t18-/m0/s1. The number of anilines is 1. The Morgan fingerprint density at radius 3 is 2.68 bits per heavy atom. The smallest absolute Gasteiger partial charge is 0.227 e. The zero-order chi connectivity index (χ0) is 19.9. The number of aromatic nitrogens is 3. The summed E-state index contributed by atoms with van der Waals surface area (Å²) in [5, 5.41) is 8.84. The molecule has 2 aliphatic rings. The summed E-state index contributed by atoms with van der Waals surface area (Å²) in [6.45, 7) is 8.95. The lowest BCUT2D eigenvalue weighted by atomic mass is 9.73. The van der Waals surface area contributed by atoms with E-state index in [1.807, 2.05) is 35.9 Å². The SMILES string of the molecule is CCOc1ccc([C@H]2C3=C(CC(C)(C)CC3=O)Nc3nc(SCC)nn32)cc1. The second-order valence-corrected chi connectivity index (χ2v) is 9.19. The molecule has 1 atom stereocenters. The summed E-state index contributed by atoms with van der Waals surface area (Å²) in [5.74, 6) is 2.62. The van der Waals surface area contributed by atoms with E-state index >= 15 is 0 Å². The lowest BCUT2D eigenvalue weighted by molar-refractivity contribution is -0.118. The number of benzene rings is 1. The highest BCUT2D eigenvalue weighted by atomic mass is 32.2. The van der Waals surface area contributed by atoms with Gasteiger partial charge < -0.3 is 10.1 Å². The van der Waals surface area contributed by atoms with Gasteiger partial charge in [0, 0.05) is 17.7 Å². The van der Waals surface area contributed by atoms with Crippen LogP contribution in [0.15, 0.2) is 40.7 Å². The number of hydrogen-bond donors (Lipinski definition) is 1. The first-order valence-electron chi connectivity index (χ1n) is 9.77. The van der Waals surface area contributed by atoms with Crippen LogP contribution in [0.5, 0.6) is 5.75 Å². The Morgan fingerprint density at radius 2 is 2.00 bits per heavy atom. The number of fused-ring (bicyclic) bond motifs is 1. The van der Waals surface area contributed by atoms with Gasteiger partial charge in [0.15, 0.2) is 5.78 Å². The summed E-state index contributed by atoms with van der Waals surface area (Å²) in [6, 6.07) is 7.70. The first-order chi connectivity index (χ1) is 13.4. The molecule has 0 spiro atoms. The molecule has 2 aromatic rings. The number of nitrogens with zero attached hydrogens (tertiary/aromatic N) is 3. The molecule has 0 unspecified atom stereocenters. The highest BCUT2D eigenvalue weighted by Gasteiger charge is 2.41. The van der Waals surface area contributed by atoms with Crippen molar-refractivity contribution in [3.63, 3.8) is 0 Å². The average Bonchev–Trinajstić information content (AvgIpc) is 3.02. The fourth-order valence-electron chi connectivity index (χ4n) is 4.00. The maximum atomic E-state index is 13.2. The maximum absolute atomic E-state index is 13.2. The van der Waals surface area contributed by atoms with Crippen LogP contribution in [0, 0.1) is 5.41 Å². The minimum atomic E-state index is -0.260. The third-order valence-corrected chi connectivity index (χ3v) is 5.81. The number of thioether (sulfide) groups is 1. The molecular weight excluding hydrogens is 372 g/mol. The molecule has 6 nitrogen and oxygen atoms in total. The topological polar surface area (TPSA) is 69.0 Å². The third-order valence-electron chi connectivity index (χ3n) is 5.09. The second-order valence-electron chi connectivity index (χ2n) is 7.96. The second kappa shape index (κ2) is 7.28. The van der Waals surface area contributed by atoms with Crippen LogP contribution in [-0.4, -0.2) is 32.9 Å². The fraction of sp³-hybridized carbons (Fsp3) is 0.476. The van der Waals surface area contributed by atoms with E-state index in [1.54, 1.807) is 11.8 Å². The molecule has 1 aliphatic heterocycles. The van der Waals surface area contributed by atoms with Gasteiger partial charge in [-0.25, -0.2) is 4.68 Å². The lowest BCUT2D eigenvalue weighted by Crippen LogP contribution is -2.36. The third kappa shape index (κ3) is 3.43. The van der Waals surface area contributed by atoms with E-state index in [2.05, 4.69) is 31.1 Å². The number of hydrogen-bond acceptors (Lipinski definition) is 6. The molecule has 2 heterocycles. The van der Waals surface area contributed by atoms with Gasteiger partial charge >= 0.3 is 0 Å². The maximum Gasteiger partial charge on any atom is 0.227 e. The van der Waals surface area contributed by atoms with Crippen LogP contribution in [0.3, 0.4) is 0 Å². The lowest BCUT2D eigenvalue weighted by Gasteiger charge is -2.38. The molecule has 0 saturated carbocycles. The first kappa shape index (κ1) is 19.1. The quantitative estimate of drug-likeness (QED) is 0.751. The molecule has 4 rings (SSSR count). The van der Waals surface area contributed by atoms with Crippen LogP contribution in [0.2, 0.25) is 0 Å². The summed E-state index contributed by atoms with van der Waals surface area (Å²) >= 11 is 1.60. The molecule has 0 radical (unpaired) electrons. The van der Waals surface area contributed by atoms with Crippen LogP contribution in [-0.2, 0) is 4.79 Å². The predicted molar refractivity (Wildman–Crippen MR) is 111 cm³/mol. The first-order valence-corrected chi connectivity index (χ1v) is 10.8. The van der Waals surface area contributed by atoms with Gasteiger partial charge in [0.2, 0.25) is 11.1 Å². The number of allylic oxidation sites excluding steroid dienone is 2. The summed E-state index contributed by atoms with van der Waals surface area (Å²) in [7, 11) is 0. The summed E-state index contributed by atoms with van der Waals surface area (Å²) in [4.78, 5) is 17.8. The van der Waals surface area contributed by atoms with Crippen molar-refractivity contribution in [3.05, 3.63) is 41.1 Å². The van der Waals surface area contributed by atoms with E-state index in [-0.39, 0.29) is 17.2 Å². The van der Waals surface area contributed by atoms with Gasteiger partial charge in [-0.15, -0.1) is 5.10 Å². The largest absolute Gasteiger partial charge is 0.494 e. The zero-order valence-electron chi connectivity index (χ0n) is 16.8. The molecule has 1 aliphatic carbocycles. The summed E-state index contributed by atoms with van der Waals surface area (Å²) < 4.78 is 7.44. The van der Waals surface area contributed by atoms with E-state index in [9.17, 15) is 4.79 Å². The fourth-order valence-corrected chi connectivity index (χ4v) is 4.56. The van der Waals surface area contributed by atoms with Crippen molar-refractivity contribution in [2.75, 3.05) is 17.7 Å². The van der Waals surface area contributed by atoms with E-state index < -0.39 is 0 Å². The van der Waals surface area contributed by atoms with Gasteiger partial charge in [-0.3, -0.25) is 4.79 Å². The van der Waals surface area contributed by atoms with Crippen molar-refractivity contribution >= 4 is 23.5 Å². The molecule has 0 fully saturated rings. The van der Waals surface area contributed by atoms with E-state index in [0.29, 0.717) is 19.0 Å². The monoisotopic (exact) mass is 398 g/mol. The van der Waals surface area contributed by atoms with Crippen molar-refractivity contribution in [2.24, 2.45) is 5.41 Å². The molecule has 148 valence electrons. The van der Waals surface area contributed by atoms with Gasteiger partial charge in [0.25, 0.3) is 0 Å². The van der Waals surface area contributed by atoms with Crippen LogP contribution in [0.4, 0.5) is 5.95 Å². The predicted octanol–water partition coefficient (Wildman–Crippen LogP) is 4.45. The van der Waals surface area contributed by atoms with Gasteiger partial charge in [0.05, 0.1) is 6.61 Å². The number of ketones is 1. The molecule has 1 N–H and O–H groups in total. The number of carbonyl (C=O) groups is 1. The number of carbonyl (C=O) groups excluding carboxylic acids is 1. The number of nitrogens with one attached hydrogen (secondary N) is 1. The van der Waals surface area contributed by atoms with Gasteiger partial charge in [0.1, 0.15) is 11.8 Å². The molecule has 28 heavy (non-hydrogen) atoms. The zero-order valence-corrected chi connectivity index (χ0v) is 17.6. The summed E-state index contributed by atoms with van der Waals surface area (Å²) in [5.41, 5.74) is 2.75. The summed E-state index contributed by atoms with van der Waals surface area (Å²) in [6.07, 6.45) is 1.37. The normalized spacial score (nSPS) is 20.4. The molecule has 0 amide bonds.